The second kappa shape index (κ2) is 5.32. The average molecular weight is 241 g/mol. The van der Waals surface area contributed by atoms with Crippen molar-refractivity contribution >= 4 is 11.9 Å². The van der Waals surface area contributed by atoms with E-state index >= 15 is 0 Å². The van der Waals surface area contributed by atoms with Crippen LogP contribution >= 0.6 is 0 Å². The van der Waals surface area contributed by atoms with Crippen LogP contribution in [0.2, 0.25) is 0 Å². The Labute approximate surface area is 95.7 Å². The van der Waals surface area contributed by atoms with Crippen LogP contribution in [0, 0.1) is 0 Å². The lowest BCUT2D eigenvalue weighted by Gasteiger charge is -2.15. The van der Waals surface area contributed by atoms with E-state index in [1.165, 1.54) is 0 Å². The molecule has 0 aliphatic heterocycles. The smallest absolute Gasteiger partial charge is 0.373 e. The number of aromatic nitrogens is 2. The maximum absolute atomic E-state index is 10.5. The molecule has 1 amide bonds. The van der Waals surface area contributed by atoms with Gasteiger partial charge in [-0.3, -0.25) is 4.79 Å². The average Bonchev–Trinajstić information content (AvgIpc) is 2.27. The van der Waals surface area contributed by atoms with E-state index in [0.29, 0.717) is 0 Å². The molecule has 0 bridgehead atoms. The van der Waals surface area contributed by atoms with Gasteiger partial charge in [0, 0.05) is 18.0 Å². The van der Waals surface area contributed by atoms with Gasteiger partial charge in [-0.25, -0.2) is 14.8 Å². The van der Waals surface area contributed by atoms with Crippen LogP contribution in [0.3, 0.4) is 0 Å². The van der Waals surface area contributed by atoms with E-state index in [1.807, 2.05) is 0 Å². The minimum atomic E-state index is -1.40. The van der Waals surface area contributed by atoms with Crippen LogP contribution < -0.4 is 5.73 Å². The van der Waals surface area contributed by atoms with Gasteiger partial charge < -0.3 is 21.1 Å². The van der Waals surface area contributed by atoms with Crippen molar-refractivity contribution in [3.05, 3.63) is 23.8 Å². The number of aromatic carboxylic acids is 1. The Morgan fingerprint density at radius 1 is 1.29 bits per heavy atom. The fourth-order valence-electron chi connectivity index (χ4n) is 1.14. The van der Waals surface area contributed by atoms with Crippen LogP contribution in [-0.4, -0.2) is 43.3 Å². The highest BCUT2D eigenvalue weighted by Gasteiger charge is 2.21. The highest BCUT2D eigenvalue weighted by Crippen LogP contribution is 2.17. The quantitative estimate of drug-likeness (QED) is 0.487. The molecule has 17 heavy (non-hydrogen) atoms. The number of hydrogen-bond donors (Lipinski definition) is 4. The second-order valence-corrected chi connectivity index (χ2v) is 3.33. The SMILES string of the molecule is NC(=O)CC(O)C(O)c1cnc(C(=O)O)nc1. The van der Waals surface area contributed by atoms with E-state index in [9.17, 15) is 19.8 Å². The van der Waals surface area contributed by atoms with Crippen molar-refractivity contribution in [3.8, 4) is 0 Å². The Balaban J connectivity index is 2.78. The Morgan fingerprint density at radius 3 is 2.24 bits per heavy atom. The van der Waals surface area contributed by atoms with Crippen LogP contribution in [0.1, 0.15) is 28.7 Å². The summed E-state index contributed by atoms with van der Waals surface area (Å²) in [6, 6.07) is 0. The number of nitrogens with zero attached hydrogens (tertiary/aromatic N) is 2. The molecule has 0 aromatic carbocycles. The number of carboxylic acids is 1. The maximum Gasteiger partial charge on any atom is 0.373 e. The van der Waals surface area contributed by atoms with Crippen molar-refractivity contribution in [2.75, 3.05) is 0 Å². The van der Waals surface area contributed by atoms with Crippen molar-refractivity contribution in [3.63, 3.8) is 0 Å². The Hall–Kier alpha value is -2.06. The van der Waals surface area contributed by atoms with E-state index in [2.05, 4.69) is 9.97 Å². The third-order valence-electron chi connectivity index (χ3n) is 1.98. The van der Waals surface area contributed by atoms with Gasteiger partial charge in [-0.15, -0.1) is 0 Å². The molecule has 0 saturated heterocycles. The van der Waals surface area contributed by atoms with E-state index in [-0.39, 0.29) is 5.56 Å². The van der Waals surface area contributed by atoms with E-state index in [0.717, 1.165) is 12.4 Å². The van der Waals surface area contributed by atoms with Crippen molar-refractivity contribution in [2.24, 2.45) is 5.73 Å². The van der Waals surface area contributed by atoms with Gasteiger partial charge in [0.15, 0.2) is 0 Å². The van der Waals surface area contributed by atoms with Crippen molar-refractivity contribution in [1.29, 1.82) is 0 Å². The number of nitrogens with two attached hydrogens (primary N) is 1. The first kappa shape index (κ1) is 13.0. The molecular formula is C9H11N3O5. The van der Waals surface area contributed by atoms with Gasteiger partial charge in [0.25, 0.3) is 0 Å². The topological polar surface area (TPSA) is 147 Å². The highest BCUT2D eigenvalue weighted by atomic mass is 16.4. The van der Waals surface area contributed by atoms with Crippen molar-refractivity contribution in [1.82, 2.24) is 9.97 Å². The first-order valence-electron chi connectivity index (χ1n) is 4.61. The molecule has 1 aromatic rings. The van der Waals surface area contributed by atoms with Gasteiger partial charge >= 0.3 is 5.97 Å². The first-order valence-corrected chi connectivity index (χ1v) is 4.61. The van der Waals surface area contributed by atoms with Crippen LogP contribution in [0.5, 0.6) is 0 Å². The molecule has 5 N–H and O–H groups in total. The normalized spacial score (nSPS) is 14.0. The zero-order valence-corrected chi connectivity index (χ0v) is 8.65. The minimum Gasteiger partial charge on any atom is -0.475 e. The first-order chi connectivity index (χ1) is 7.91. The fraction of sp³-hybridized carbons (Fsp3) is 0.333. The molecule has 0 aliphatic rings. The van der Waals surface area contributed by atoms with Crippen molar-refractivity contribution in [2.45, 2.75) is 18.6 Å². The molecule has 8 nitrogen and oxygen atoms in total. The zero-order chi connectivity index (χ0) is 13.0. The number of primary amides is 1. The third-order valence-corrected chi connectivity index (χ3v) is 1.98. The van der Waals surface area contributed by atoms with Gasteiger partial charge in [0.2, 0.25) is 11.7 Å². The fourth-order valence-corrected chi connectivity index (χ4v) is 1.14. The lowest BCUT2D eigenvalue weighted by atomic mass is 10.1. The molecule has 1 rings (SSSR count). The molecule has 1 aromatic heterocycles. The number of carbonyl (C=O) groups is 2. The second-order valence-electron chi connectivity index (χ2n) is 3.33. The van der Waals surface area contributed by atoms with Crippen LogP contribution in [0.4, 0.5) is 0 Å². The molecule has 0 aliphatic carbocycles. The molecule has 1 heterocycles. The van der Waals surface area contributed by atoms with E-state index < -0.39 is 36.3 Å². The number of hydrogen-bond acceptors (Lipinski definition) is 6. The molecule has 0 spiro atoms. The number of carboxylic acid groups (broad SMARTS) is 1. The Bertz CT molecular complexity index is 419. The van der Waals surface area contributed by atoms with E-state index in [4.69, 9.17) is 10.8 Å². The summed E-state index contributed by atoms with van der Waals surface area (Å²) in [7, 11) is 0. The molecule has 2 unspecified atom stereocenters. The lowest BCUT2D eigenvalue weighted by molar-refractivity contribution is -0.121. The maximum atomic E-state index is 10.5. The van der Waals surface area contributed by atoms with Gasteiger partial charge in [0.1, 0.15) is 6.10 Å². The number of rotatable bonds is 5. The summed E-state index contributed by atoms with van der Waals surface area (Å²) in [5, 5.41) is 27.5. The van der Waals surface area contributed by atoms with Gasteiger partial charge in [0.05, 0.1) is 12.5 Å². The number of aliphatic hydroxyl groups is 2. The summed E-state index contributed by atoms with van der Waals surface area (Å²) in [6.07, 6.45) is -1.07. The molecule has 2 atom stereocenters. The predicted octanol–water partition coefficient (Wildman–Crippen LogP) is -1.56. The highest BCUT2D eigenvalue weighted by molar-refractivity contribution is 5.82. The monoisotopic (exact) mass is 241 g/mol. The molecule has 8 heteroatoms. The molecule has 0 saturated carbocycles. The summed E-state index contributed by atoms with van der Waals surface area (Å²) < 4.78 is 0. The van der Waals surface area contributed by atoms with E-state index in [1.54, 1.807) is 0 Å². The zero-order valence-electron chi connectivity index (χ0n) is 8.65. The largest absolute Gasteiger partial charge is 0.475 e. The third kappa shape index (κ3) is 3.47. The standard InChI is InChI=1S/C9H11N3O5/c10-6(14)1-5(13)7(15)4-2-11-8(9(16)17)12-3-4/h2-3,5,7,13,15H,1H2,(H2,10,14)(H,16,17). The van der Waals surface area contributed by atoms with Crippen LogP contribution in [0.15, 0.2) is 12.4 Å². The van der Waals surface area contributed by atoms with Gasteiger partial charge in [-0.05, 0) is 0 Å². The van der Waals surface area contributed by atoms with Crippen molar-refractivity contribution < 1.29 is 24.9 Å². The molecule has 92 valence electrons. The predicted molar refractivity (Wildman–Crippen MR) is 53.8 cm³/mol. The number of amides is 1. The van der Waals surface area contributed by atoms with Gasteiger partial charge in [-0.1, -0.05) is 0 Å². The summed E-state index contributed by atoms with van der Waals surface area (Å²) in [5.41, 5.74) is 4.95. The Morgan fingerprint density at radius 2 is 1.82 bits per heavy atom. The summed E-state index contributed by atoms with van der Waals surface area (Å²) in [4.78, 5) is 27.9. The summed E-state index contributed by atoms with van der Waals surface area (Å²) in [5.74, 6) is -2.49. The molecular weight excluding hydrogens is 230 g/mol. The number of carbonyl (C=O) groups excluding carboxylic acids is 1. The summed E-state index contributed by atoms with van der Waals surface area (Å²) >= 11 is 0. The van der Waals surface area contributed by atoms with Crippen LogP contribution in [0.25, 0.3) is 0 Å². The van der Waals surface area contributed by atoms with Crippen LogP contribution in [-0.2, 0) is 4.79 Å². The molecule has 0 radical (unpaired) electrons. The van der Waals surface area contributed by atoms with Gasteiger partial charge in [-0.2, -0.15) is 0 Å². The summed E-state index contributed by atoms with van der Waals surface area (Å²) in [6.45, 7) is 0. The molecule has 0 fully saturated rings. The minimum absolute atomic E-state index is 0.101. The lowest BCUT2D eigenvalue weighted by Crippen LogP contribution is -2.26. The number of aliphatic hydroxyl groups excluding tert-OH is 2. The Kier molecular flexibility index (Phi) is 4.07.